The topological polar surface area (TPSA) is 254 Å². The molecule has 23 nitrogen and oxygen atoms in total. The average Bonchev–Trinajstić information content (AvgIpc) is 0.986. The number of esters is 1. The Labute approximate surface area is 557 Å². The fourth-order valence-corrected chi connectivity index (χ4v) is 13.5. The van der Waals surface area contributed by atoms with Gasteiger partial charge in [-0.25, -0.2) is 9.59 Å². The maximum Gasteiger partial charge on any atom is 0.419 e. The Morgan fingerprint density at radius 1 is 0.737 bits per heavy atom. The Morgan fingerprint density at radius 3 is 1.97 bits per heavy atom. The Kier molecular flexibility index (Phi) is 26.9. The van der Waals surface area contributed by atoms with Crippen LogP contribution in [0.4, 0.5) is 18.0 Å². The molecule has 4 aliphatic rings. The molecule has 2 N–H and O–H groups in total. The number of ether oxygens (including phenoxy) is 4. The van der Waals surface area contributed by atoms with Crippen LogP contribution in [0.2, 0.25) is 0 Å². The molecular formula is C69H102F3N9O14. The van der Waals surface area contributed by atoms with Gasteiger partial charge in [-0.05, 0) is 127 Å². The number of amides is 9. The summed E-state index contributed by atoms with van der Waals surface area (Å²) in [6.45, 7) is 12.8. The predicted octanol–water partition coefficient (Wildman–Crippen LogP) is 7.14. The van der Waals surface area contributed by atoms with Gasteiger partial charge in [-0.2, -0.15) is 13.2 Å². The van der Waals surface area contributed by atoms with Gasteiger partial charge < -0.3 is 63.9 Å². The molecule has 2 aliphatic heterocycles. The molecule has 2 heterocycles. The van der Waals surface area contributed by atoms with E-state index in [2.05, 4.69) is 10.6 Å². The molecule has 0 radical (unpaired) electrons. The number of nitrogens with one attached hydrogen (secondary N) is 2. The highest BCUT2D eigenvalue weighted by atomic mass is 19.4. The van der Waals surface area contributed by atoms with Crippen molar-refractivity contribution in [2.45, 2.75) is 224 Å². The number of methoxy groups -OCH3 is 1. The van der Waals surface area contributed by atoms with Crippen molar-refractivity contribution in [3.05, 3.63) is 65.2 Å². The van der Waals surface area contributed by atoms with E-state index in [4.69, 9.17) is 18.9 Å². The summed E-state index contributed by atoms with van der Waals surface area (Å²) in [7, 11) is 9.91. The first-order valence-corrected chi connectivity index (χ1v) is 33.5. The molecule has 2 aromatic rings. The molecule has 2 aromatic carbocycles. The zero-order valence-corrected chi connectivity index (χ0v) is 58.0. The fourth-order valence-electron chi connectivity index (χ4n) is 13.5. The maximum absolute atomic E-state index is 15.6. The quantitative estimate of drug-likeness (QED) is 0.0768. The van der Waals surface area contributed by atoms with Crippen molar-refractivity contribution in [1.82, 2.24) is 44.9 Å². The van der Waals surface area contributed by atoms with Gasteiger partial charge in [-0.1, -0.05) is 82.9 Å². The first kappa shape index (κ1) is 76.5. The van der Waals surface area contributed by atoms with Crippen LogP contribution in [0.15, 0.2) is 48.5 Å². The van der Waals surface area contributed by atoms with Gasteiger partial charge in [0.25, 0.3) is 0 Å². The van der Waals surface area contributed by atoms with E-state index in [0.29, 0.717) is 56.1 Å². The van der Waals surface area contributed by atoms with Crippen LogP contribution < -0.4 is 15.4 Å². The van der Waals surface area contributed by atoms with Gasteiger partial charge in [0.1, 0.15) is 65.8 Å². The number of aryl methyl sites for hydroxylation is 1. The van der Waals surface area contributed by atoms with Gasteiger partial charge in [0.15, 0.2) is 0 Å². The van der Waals surface area contributed by atoms with Crippen molar-refractivity contribution >= 4 is 59.3 Å². The standard InChI is InChI=1S/C69H102F3N9O14/c1-15-25-50(58(83)74-56(43(4)16-2)62(87)80-37-23-30-51(80)64(89)95-67(5,6)7)76(10)55(82)40-52(60(85)75(8)9)77(11)63(88)57(46-28-21-22-29-46)78(12)65(90)68(35-24-36-68)79(13)61(86)53-39-47(93-17-3)41-81(53)59(84)49(73-66(91)94-42-45-26-19-18-20-27-45)34-32-44-31-33-48(69(70,71)72)54(38-44)92-14/h18-20,26-27,31,33,38,43,46-47,49-53,56-57H,15-17,21-25,28-30,32,34-37,39-42H2,1-14H3,(H,73,91)(H,74,83)/t43-,47+,49-,50-,51-,52-,53-,56-,57-/m0/s1. The van der Waals surface area contributed by atoms with Gasteiger partial charge >= 0.3 is 18.2 Å². The molecule has 9 atom stereocenters. The number of hydrogen-bond acceptors (Lipinski definition) is 14. The van der Waals surface area contributed by atoms with Crippen LogP contribution in [0.5, 0.6) is 5.75 Å². The molecule has 9 amide bonds. The van der Waals surface area contributed by atoms with Crippen LogP contribution in [-0.2, 0) is 76.6 Å². The van der Waals surface area contributed by atoms with E-state index >= 15 is 19.2 Å². The molecule has 6 rings (SSSR count). The highest BCUT2D eigenvalue weighted by Crippen LogP contribution is 2.43. The number of likely N-dealkylation sites (N-methyl/N-ethyl adjacent to an activating group) is 5. The highest BCUT2D eigenvalue weighted by molar-refractivity contribution is 6.00. The first-order chi connectivity index (χ1) is 44.7. The summed E-state index contributed by atoms with van der Waals surface area (Å²) in [6.07, 6.45) is -1.52. The minimum Gasteiger partial charge on any atom is -0.496 e. The molecule has 95 heavy (non-hydrogen) atoms. The van der Waals surface area contributed by atoms with Crippen molar-refractivity contribution in [2.75, 3.05) is 69.1 Å². The largest absolute Gasteiger partial charge is 0.496 e. The van der Waals surface area contributed by atoms with Crippen molar-refractivity contribution in [2.24, 2.45) is 11.8 Å². The number of halogens is 3. The number of carbonyl (C=O) groups is 10. The van der Waals surface area contributed by atoms with Crippen molar-refractivity contribution in [3.8, 4) is 5.75 Å². The number of carbonyl (C=O) groups excluding carboxylic acids is 10. The smallest absolute Gasteiger partial charge is 0.419 e. The molecule has 2 aliphatic carbocycles. The van der Waals surface area contributed by atoms with Crippen LogP contribution >= 0.6 is 0 Å². The lowest BCUT2D eigenvalue weighted by atomic mass is 9.73. The van der Waals surface area contributed by atoms with E-state index in [1.54, 1.807) is 58.0 Å². The lowest BCUT2D eigenvalue weighted by Crippen LogP contribution is -2.68. The SMILES string of the molecule is CCC[C@@H](C(=O)N[C@H](C(=O)N1CCC[C@H]1C(=O)OC(C)(C)C)[C@@H](C)CC)N(C)C(=O)C[C@@H](C(=O)N(C)C)N(C)C(=O)[C@H](C1CCCC1)N(C)C(=O)C1(N(C)C(=O)[C@@H]2C[C@@H](OCC)CN2C(=O)[C@H](CCc2ccc(C(F)(F)F)c(OC)c2)NC(=O)OCc2ccccc2)CCC1. The second kappa shape index (κ2) is 33.4. The normalized spacial score (nSPS) is 19.8. The molecule has 2 saturated carbocycles. The fraction of sp³-hybridized carbons (Fsp3) is 0.681. The van der Waals surface area contributed by atoms with Crippen molar-refractivity contribution in [3.63, 3.8) is 0 Å². The number of benzene rings is 2. The monoisotopic (exact) mass is 1340 g/mol. The van der Waals surface area contributed by atoms with Crippen LogP contribution in [0.1, 0.15) is 161 Å². The first-order valence-electron chi connectivity index (χ1n) is 33.5. The Hall–Kier alpha value is -7.51. The zero-order chi connectivity index (χ0) is 70.4. The Balaban J connectivity index is 1.24. The van der Waals surface area contributed by atoms with Crippen LogP contribution in [-0.4, -0.2) is 222 Å². The summed E-state index contributed by atoms with van der Waals surface area (Å²) < 4.78 is 63.9. The van der Waals surface area contributed by atoms with Gasteiger partial charge in [0, 0.05) is 68.4 Å². The third kappa shape index (κ3) is 18.7. The molecule has 528 valence electrons. The number of rotatable bonds is 29. The summed E-state index contributed by atoms with van der Waals surface area (Å²) in [5.74, 6) is -6.55. The molecule has 4 fully saturated rings. The van der Waals surface area contributed by atoms with Gasteiger partial charge in [0.05, 0.1) is 25.2 Å². The maximum atomic E-state index is 15.6. The number of likely N-dealkylation sites (tertiary alicyclic amines) is 2. The second-order valence-electron chi connectivity index (χ2n) is 27.1. The van der Waals surface area contributed by atoms with Crippen molar-refractivity contribution < 1.29 is 80.1 Å². The molecular weight excluding hydrogens is 1240 g/mol. The van der Waals surface area contributed by atoms with Crippen molar-refractivity contribution in [1.29, 1.82) is 0 Å². The van der Waals surface area contributed by atoms with Crippen LogP contribution in [0, 0.1) is 11.8 Å². The minimum absolute atomic E-state index is 0.00589. The summed E-state index contributed by atoms with van der Waals surface area (Å²) in [6, 6.07) is 3.92. The summed E-state index contributed by atoms with van der Waals surface area (Å²) in [5, 5.41) is 5.58. The van der Waals surface area contributed by atoms with E-state index < -0.39 is 149 Å². The van der Waals surface area contributed by atoms with E-state index in [1.807, 2.05) is 20.8 Å². The molecule has 0 bridgehead atoms. The molecule has 0 spiro atoms. The van der Waals surface area contributed by atoms with E-state index in [0.717, 1.165) is 26.0 Å². The molecule has 0 aromatic heterocycles. The summed E-state index contributed by atoms with van der Waals surface area (Å²) in [4.78, 5) is 156. The molecule has 26 heteroatoms. The summed E-state index contributed by atoms with van der Waals surface area (Å²) in [5.41, 5.74) is -2.28. The van der Waals surface area contributed by atoms with Gasteiger partial charge in [0.2, 0.25) is 47.3 Å². The number of nitrogens with zero attached hydrogens (tertiary/aromatic N) is 7. The van der Waals surface area contributed by atoms with Gasteiger partial charge in [-0.15, -0.1) is 0 Å². The number of alkyl carbamates (subject to hydrolysis) is 1. The highest BCUT2D eigenvalue weighted by Gasteiger charge is 2.56. The molecule has 0 unspecified atom stereocenters. The van der Waals surface area contributed by atoms with E-state index in [-0.39, 0.29) is 70.7 Å². The summed E-state index contributed by atoms with van der Waals surface area (Å²) >= 11 is 0. The second-order valence-corrected chi connectivity index (χ2v) is 27.1. The van der Waals surface area contributed by atoms with E-state index in [1.165, 1.54) is 88.7 Å². The number of alkyl halides is 3. The number of hydrogen-bond donors (Lipinski definition) is 2. The van der Waals surface area contributed by atoms with Crippen LogP contribution in [0.25, 0.3) is 0 Å². The van der Waals surface area contributed by atoms with Gasteiger partial charge in [-0.3, -0.25) is 38.4 Å². The third-order valence-electron chi connectivity index (χ3n) is 19.3. The average molecular weight is 1340 g/mol. The lowest BCUT2D eigenvalue weighted by Gasteiger charge is -2.51. The Bertz CT molecular complexity index is 3030. The zero-order valence-electron chi connectivity index (χ0n) is 58.0. The minimum atomic E-state index is -4.71. The lowest BCUT2D eigenvalue weighted by molar-refractivity contribution is -0.166. The third-order valence-corrected chi connectivity index (χ3v) is 19.3. The van der Waals surface area contributed by atoms with Crippen LogP contribution in [0.3, 0.4) is 0 Å². The Morgan fingerprint density at radius 2 is 1.40 bits per heavy atom. The predicted molar refractivity (Wildman–Crippen MR) is 347 cm³/mol. The molecule has 2 saturated heterocycles. The van der Waals surface area contributed by atoms with E-state index in [9.17, 15) is 41.9 Å².